The van der Waals surface area contributed by atoms with Crippen LogP contribution in [0.3, 0.4) is 0 Å². The molecule has 0 spiro atoms. The predicted octanol–water partition coefficient (Wildman–Crippen LogP) is 2.59. The number of rotatable bonds is 7. The Balaban J connectivity index is 2.48. The van der Waals surface area contributed by atoms with Crippen LogP contribution in [0.25, 0.3) is 0 Å². The maximum absolute atomic E-state index is 5.68. The minimum atomic E-state index is -0.0175. The molecule has 102 valence electrons. The van der Waals surface area contributed by atoms with Gasteiger partial charge in [-0.1, -0.05) is 6.92 Å². The van der Waals surface area contributed by atoms with E-state index in [4.69, 9.17) is 9.47 Å². The number of hydrogen-bond donors (Lipinski definition) is 1. The second-order valence-electron chi connectivity index (χ2n) is 5.70. The molecule has 3 heteroatoms. The summed E-state index contributed by atoms with van der Waals surface area (Å²) in [6, 6.07) is 0.562. The molecule has 3 nitrogen and oxygen atoms in total. The van der Waals surface area contributed by atoms with Gasteiger partial charge in [0.05, 0.1) is 11.7 Å². The fraction of sp³-hybridized carbons (Fsp3) is 1.00. The zero-order chi connectivity index (χ0) is 12.9. The van der Waals surface area contributed by atoms with E-state index in [1.807, 2.05) is 0 Å². The highest BCUT2D eigenvalue weighted by molar-refractivity contribution is 4.86. The van der Waals surface area contributed by atoms with E-state index in [-0.39, 0.29) is 5.60 Å². The van der Waals surface area contributed by atoms with Crippen molar-refractivity contribution in [2.75, 3.05) is 20.3 Å². The SMILES string of the molecule is CCNC(CCC(C)(C)OC)C1CCOC1C. The molecule has 3 atom stereocenters. The van der Waals surface area contributed by atoms with Gasteiger partial charge in [-0.3, -0.25) is 0 Å². The Hall–Kier alpha value is -0.120. The van der Waals surface area contributed by atoms with Crippen molar-refractivity contribution in [3.05, 3.63) is 0 Å². The summed E-state index contributed by atoms with van der Waals surface area (Å²) >= 11 is 0. The molecule has 3 unspecified atom stereocenters. The molecule has 0 amide bonds. The van der Waals surface area contributed by atoms with Crippen LogP contribution in [0.2, 0.25) is 0 Å². The largest absolute Gasteiger partial charge is 0.379 e. The Morgan fingerprint density at radius 3 is 2.65 bits per heavy atom. The van der Waals surface area contributed by atoms with Gasteiger partial charge in [0.15, 0.2) is 0 Å². The molecule has 1 fully saturated rings. The Morgan fingerprint density at radius 1 is 1.47 bits per heavy atom. The fourth-order valence-electron chi connectivity index (χ4n) is 2.61. The van der Waals surface area contributed by atoms with Crippen LogP contribution in [0.15, 0.2) is 0 Å². The van der Waals surface area contributed by atoms with E-state index in [1.54, 1.807) is 7.11 Å². The van der Waals surface area contributed by atoms with Gasteiger partial charge in [0, 0.05) is 25.7 Å². The van der Waals surface area contributed by atoms with Gasteiger partial charge in [0.25, 0.3) is 0 Å². The number of methoxy groups -OCH3 is 1. The molecule has 0 aromatic rings. The third-order valence-corrected chi connectivity index (χ3v) is 4.03. The lowest BCUT2D eigenvalue weighted by Crippen LogP contribution is -2.40. The minimum Gasteiger partial charge on any atom is -0.379 e. The Kier molecular flexibility index (Phi) is 5.90. The summed E-state index contributed by atoms with van der Waals surface area (Å²) in [5.41, 5.74) is -0.0175. The maximum Gasteiger partial charge on any atom is 0.0623 e. The standard InChI is InChI=1S/C14H29NO2/c1-6-15-13(7-9-14(3,4)16-5)12-8-10-17-11(12)2/h11-13,15H,6-10H2,1-5H3. The van der Waals surface area contributed by atoms with Crippen LogP contribution < -0.4 is 5.32 Å². The fourth-order valence-corrected chi connectivity index (χ4v) is 2.61. The molecular formula is C14H29NO2. The molecule has 0 saturated carbocycles. The first-order chi connectivity index (χ1) is 8.00. The van der Waals surface area contributed by atoms with Gasteiger partial charge in [-0.05, 0) is 46.6 Å². The van der Waals surface area contributed by atoms with E-state index in [0.717, 1.165) is 26.0 Å². The lowest BCUT2D eigenvalue weighted by Gasteiger charge is -2.30. The van der Waals surface area contributed by atoms with E-state index >= 15 is 0 Å². The summed E-state index contributed by atoms with van der Waals surface area (Å²) in [6.45, 7) is 10.6. The molecule has 0 radical (unpaired) electrons. The summed E-state index contributed by atoms with van der Waals surface area (Å²) in [5, 5.41) is 3.62. The van der Waals surface area contributed by atoms with Crippen molar-refractivity contribution < 1.29 is 9.47 Å². The zero-order valence-electron chi connectivity index (χ0n) is 12.1. The first kappa shape index (κ1) is 14.9. The summed E-state index contributed by atoms with van der Waals surface area (Å²) in [4.78, 5) is 0. The van der Waals surface area contributed by atoms with E-state index in [2.05, 4.69) is 33.0 Å². The van der Waals surface area contributed by atoms with Gasteiger partial charge in [0.1, 0.15) is 0 Å². The monoisotopic (exact) mass is 243 g/mol. The lowest BCUT2D eigenvalue weighted by atomic mass is 9.87. The van der Waals surface area contributed by atoms with Gasteiger partial charge in [-0.15, -0.1) is 0 Å². The maximum atomic E-state index is 5.68. The van der Waals surface area contributed by atoms with E-state index < -0.39 is 0 Å². The Morgan fingerprint density at radius 2 is 2.18 bits per heavy atom. The topological polar surface area (TPSA) is 30.5 Å². The van der Waals surface area contributed by atoms with Crippen molar-refractivity contribution in [2.45, 2.75) is 64.7 Å². The Bertz CT molecular complexity index is 218. The second-order valence-corrected chi connectivity index (χ2v) is 5.70. The highest BCUT2D eigenvalue weighted by Crippen LogP contribution is 2.28. The van der Waals surface area contributed by atoms with Crippen molar-refractivity contribution in [3.63, 3.8) is 0 Å². The normalized spacial score (nSPS) is 27.4. The number of hydrogen-bond acceptors (Lipinski definition) is 3. The highest BCUT2D eigenvalue weighted by Gasteiger charge is 2.32. The van der Waals surface area contributed by atoms with Crippen molar-refractivity contribution >= 4 is 0 Å². The number of nitrogens with one attached hydrogen (secondary N) is 1. The molecule has 0 bridgehead atoms. The summed E-state index contributed by atoms with van der Waals surface area (Å²) in [6.07, 6.45) is 3.83. The van der Waals surface area contributed by atoms with E-state index in [9.17, 15) is 0 Å². The first-order valence-corrected chi connectivity index (χ1v) is 6.90. The van der Waals surface area contributed by atoms with Crippen LogP contribution in [-0.4, -0.2) is 38.0 Å². The van der Waals surface area contributed by atoms with Gasteiger partial charge in [-0.2, -0.15) is 0 Å². The predicted molar refractivity (Wildman–Crippen MR) is 71.3 cm³/mol. The Labute approximate surface area is 106 Å². The first-order valence-electron chi connectivity index (χ1n) is 6.90. The second kappa shape index (κ2) is 6.72. The van der Waals surface area contributed by atoms with Crippen molar-refractivity contribution in [1.29, 1.82) is 0 Å². The summed E-state index contributed by atoms with van der Waals surface area (Å²) in [5.74, 6) is 0.655. The van der Waals surface area contributed by atoms with E-state index in [1.165, 1.54) is 6.42 Å². The van der Waals surface area contributed by atoms with Crippen molar-refractivity contribution in [3.8, 4) is 0 Å². The number of ether oxygens (including phenoxy) is 2. The molecule has 1 rings (SSSR count). The quantitative estimate of drug-likeness (QED) is 0.745. The molecule has 1 aliphatic heterocycles. The molecule has 17 heavy (non-hydrogen) atoms. The smallest absolute Gasteiger partial charge is 0.0623 e. The molecule has 1 saturated heterocycles. The van der Waals surface area contributed by atoms with Crippen LogP contribution in [0.4, 0.5) is 0 Å². The van der Waals surface area contributed by atoms with Gasteiger partial charge in [-0.25, -0.2) is 0 Å². The van der Waals surface area contributed by atoms with Crippen molar-refractivity contribution in [2.24, 2.45) is 5.92 Å². The average molecular weight is 243 g/mol. The highest BCUT2D eigenvalue weighted by atomic mass is 16.5. The molecule has 1 heterocycles. The minimum absolute atomic E-state index is 0.0175. The third-order valence-electron chi connectivity index (χ3n) is 4.03. The van der Waals surface area contributed by atoms with Crippen LogP contribution in [-0.2, 0) is 9.47 Å². The molecule has 1 N–H and O–H groups in total. The molecule has 0 aromatic heterocycles. The summed E-state index contributed by atoms with van der Waals surface area (Å²) in [7, 11) is 1.80. The van der Waals surface area contributed by atoms with Crippen LogP contribution >= 0.6 is 0 Å². The molecule has 0 aliphatic carbocycles. The molecule has 0 aromatic carbocycles. The summed E-state index contributed by atoms with van der Waals surface area (Å²) < 4.78 is 11.2. The molecular weight excluding hydrogens is 214 g/mol. The van der Waals surface area contributed by atoms with Crippen LogP contribution in [0.5, 0.6) is 0 Å². The average Bonchev–Trinajstić information content (AvgIpc) is 2.71. The lowest BCUT2D eigenvalue weighted by molar-refractivity contribution is 0.00848. The molecule has 1 aliphatic rings. The van der Waals surface area contributed by atoms with Gasteiger partial charge >= 0.3 is 0 Å². The zero-order valence-corrected chi connectivity index (χ0v) is 12.1. The third kappa shape index (κ3) is 4.57. The van der Waals surface area contributed by atoms with E-state index in [0.29, 0.717) is 18.1 Å². The van der Waals surface area contributed by atoms with Crippen LogP contribution in [0.1, 0.15) is 47.0 Å². The van der Waals surface area contributed by atoms with Crippen molar-refractivity contribution in [1.82, 2.24) is 5.32 Å². The van der Waals surface area contributed by atoms with Crippen LogP contribution in [0, 0.1) is 5.92 Å². The van der Waals surface area contributed by atoms with Gasteiger partial charge in [0.2, 0.25) is 0 Å². The van der Waals surface area contributed by atoms with Gasteiger partial charge < -0.3 is 14.8 Å².